The molecule has 5 heteroatoms. The normalized spacial score (nSPS) is 16.9. The summed E-state index contributed by atoms with van der Waals surface area (Å²) in [6.45, 7) is 1.84. The van der Waals surface area contributed by atoms with Gasteiger partial charge in [-0.3, -0.25) is 9.59 Å². The van der Waals surface area contributed by atoms with Crippen LogP contribution in [0.2, 0.25) is 0 Å². The summed E-state index contributed by atoms with van der Waals surface area (Å²) in [6.07, 6.45) is 4.84. The van der Waals surface area contributed by atoms with Gasteiger partial charge < -0.3 is 10.4 Å². The van der Waals surface area contributed by atoms with Crippen LogP contribution in [-0.4, -0.2) is 17.0 Å². The van der Waals surface area contributed by atoms with Crippen molar-refractivity contribution >= 4 is 17.6 Å². The van der Waals surface area contributed by atoms with Crippen molar-refractivity contribution in [2.24, 2.45) is 5.41 Å². The second-order valence-corrected chi connectivity index (χ2v) is 6.37. The molecule has 0 unspecified atom stereocenters. The summed E-state index contributed by atoms with van der Waals surface area (Å²) >= 11 is 0. The molecule has 1 aliphatic carbocycles. The Morgan fingerprint density at radius 1 is 1.26 bits per heavy atom. The number of nitrogens with zero attached hydrogens (tertiary/aromatic N) is 1. The van der Waals surface area contributed by atoms with Crippen LogP contribution in [0.1, 0.15) is 56.1 Å². The first-order chi connectivity index (χ1) is 11.0. The highest BCUT2D eigenvalue weighted by molar-refractivity contribution is 5.95. The number of nitriles is 1. The summed E-state index contributed by atoms with van der Waals surface area (Å²) in [5.74, 6) is -1.18. The third kappa shape index (κ3) is 4.10. The van der Waals surface area contributed by atoms with Crippen LogP contribution in [0.5, 0.6) is 0 Å². The zero-order valence-corrected chi connectivity index (χ0v) is 13.4. The molecule has 0 heterocycles. The largest absolute Gasteiger partial charge is 0.481 e. The number of carbonyl (C=O) groups is 2. The number of aryl methyl sites for hydroxylation is 1. The molecule has 0 saturated heterocycles. The molecule has 1 aromatic rings. The van der Waals surface area contributed by atoms with E-state index in [9.17, 15) is 14.7 Å². The monoisotopic (exact) mass is 314 g/mol. The lowest BCUT2D eigenvalue weighted by molar-refractivity contribution is -0.152. The Labute approximate surface area is 136 Å². The van der Waals surface area contributed by atoms with E-state index in [1.54, 1.807) is 18.2 Å². The molecule has 1 saturated carbocycles. The maximum absolute atomic E-state index is 12.4. The van der Waals surface area contributed by atoms with Gasteiger partial charge in [0.2, 0.25) is 5.91 Å². The predicted molar refractivity (Wildman–Crippen MR) is 86.9 cm³/mol. The van der Waals surface area contributed by atoms with E-state index in [4.69, 9.17) is 5.26 Å². The Hall–Kier alpha value is -2.35. The minimum atomic E-state index is -0.957. The van der Waals surface area contributed by atoms with Crippen molar-refractivity contribution < 1.29 is 14.7 Å². The van der Waals surface area contributed by atoms with E-state index in [0.717, 1.165) is 31.2 Å². The molecule has 1 aromatic carbocycles. The number of carboxylic acids is 1. The molecule has 23 heavy (non-hydrogen) atoms. The van der Waals surface area contributed by atoms with Gasteiger partial charge in [-0.1, -0.05) is 31.7 Å². The number of amides is 1. The van der Waals surface area contributed by atoms with Gasteiger partial charge in [-0.25, -0.2) is 0 Å². The fraction of sp³-hybridized carbons (Fsp3) is 0.500. The van der Waals surface area contributed by atoms with E-state index in [0.29, 0.717) is 24.1 Å². The third-order valence-corrected chi connectivity index (χ3v) is 4.65. The van der Waals surface area contributed by atoms with Crippen LogP contribution in [0.15, 0.2) is 18.2 Å². The lowest BCUT2D eigenvalue weighted by Gasteiger charge is -2.27. The molecule has 2 rings (SSSR count). The molecular weight excluding hydrogens is 292 g/mol. The molecule has 0 atom stereocenters. The maximum atomic E-state index is 12.4. The van der Waals surface area contributed by atoms with E-state index in [-0.39, 0.29) is 12.3 Å². The molecule has 1 aliphatic rings. The number of rotatable bonds is 4. The number of nitrogens with one attached hydrogen (secondary N) is 1. The van der Waals surface area contributed by atoms with Gasteiger partial charge in [0, 0.05) is 12.1 Å². The SMILES string of the molecule is Cc1ccc(C#N)cc1NC(=O)CC1(C(=O)O)CCCCCC1. The van der Waals surface area contributed by atoms with E-state index in [1.807, 2.05) is 13.0 Å². The molecule has 0 aliphatic heterocycles. The maximum Gasteiger partial charge on any atom is 0.310 e. The van der Waals surface area contributed by atoms with Gasteiger partial charge in [0.15, 0.2) is 0 Å². The first-order valence-electron chi connectivity index (χ1n) is 8.01. The molecule has 1 fully saturated rings. The zero-order chi connectivity index (χ0) is 16.9. The van der Waals surface area contributed by atoms with Crippen molar-refractivity contribution in [3.8, 4) is 6.07 Å². The summed E-state index contributed by atoms with van der Waals surface area (Å²) in [7, 11) is 0. The van der Waals surface area contributed by atoms with Crippen molar-refractivity contribution in [3.63, 3.8) is 0 Å². The highest BCUT2D eigenvalue weighted by atomic mass is 16.4. The molecule has 5 nitrogen and oxygen atoms in total. The summed E-state index contributed by atoms with van der Waals surface area (Å²) in [5.41, 5.74) is 0.931. The van der Waals surface area contributed by atoms with Crippen LogP contribution >= 0.6 is 0 Å². The molecule has 0 bridgehead atoms. The summed E-state index contributed by atoms with van der Waals surface area (Å²) < 4.78 is 0. The van der Waals surface area contributed by atoms with Gasteiger partial charge in [-0.2, -0.15) is 5.26 Å². The summed E-state index contributed by atoms with van der Waals surface area (Å²) in [4.78, 5) is 24.2. The smallest absolute Gasteiger partial charge is 0.310 e. The van der Waals surface area contributed by atoms with Gasteiger partial charge in [0.25, 0.3) is 0 Å². The van der Waals surface area contributed by atoms with E-state index in [2.05, 4.69) is 5.32 Å². The molecule has 122 valence electrons. The lowest BCUT2D eigenvalue weighted by atomic mass is 9.77. The van der Waals surface area contributed by atoms with Gasteiger partial charge in [0.05, 0.1) is 17.0 Å². The van der Waals surface area contributed by atoms with Crippen LogP contribution in [0.25, 0.3) is 0 Å². The van der Waals surface area contributed by atoms with E-state index >= 15 is 0 Å². The van der Waals surface area contributed by atoms with Crippen molar-refractivity contribution in [2.75, 3.05) is 5.32 Å². The van der Waals surface area contributed by atoms with Gasteiger partial charge in [-0.15, -0.1) is 0 Å². The second-order valence-electron chi connectivity index (χ2n) is 6.37. The van der Waals surface area contributed by atoms with Crippen molar-refractivity contribution in [3.05, 3.63) is 29.3 Å². The number of hydrogen-bond acceptors (Lipinski definition) is 3. The summed E-state index contributed by atoms with van der Waals surface area (Å²) in [5, 5.41) is 21.4. The third-order valence-electron chi connectivity index (χ3n) is 4.65. The van der Waals surface area contributed by atoms with Crippen LogP contribution in [0.4, 0.5) is 5.69 Å². The van der Waals surface area contributed by atoms with Crippen LogP contribution in [-0.2, 0) is 9.59 Å². The van der Waals surface area contributed by atoms with Gasteiger partial charge in [-0.05, 0) is 37.5 Å². The van der Waals surface area contributed by atoms with Crippen LogP contribution in [0.3, 0.4) is 0 Å². The van der Waals surface area contributed by atoms with E-state index in [1.165, 1.54) is 0 Å². The van der Waals surface area contributed by atoms with Gasteiger partial charge in [0.1, 0.15) is 0 Å². The highest BCUT2D eigenvalue weighted by Gasteiger charge is 2.40. The number of hydrogen-bond donors (Lipinski definition) is 2. The second kappa shape index (κ2) is 7.28. The average Bonchev–Trinajstić information content (AvgIpc) is 2.76. The number of carbonyl (C=O) groups excluding carboxylic acids is 1. The van der Waals surface area contributed by atoms with Crippen molar-refractivity contribution in [1.29, 1.82) is 5.26 Å². The number of benzene rings is 1. The molecule has 0 spiro atoms. The fourth-order valence-electron chi connectivity index (χ4n) is 3.20. The first-order valence-corrected chi connectivity index (χ1v) is 8.01. The number of carboxylic acid groups (broad SMARTS) is 1. The minimum absolute atomic E-state index is 0.0153. The Balaban J connectivity index is 2.14. The fourth-order valence-corrected chi connectivity index (χ4v) is 3.20. The zero-order valence-electron chi connectivity index (χ0n) is 13.4. The first kappa shape index (κ1) is 17.0. The molecular formula is C18H22N2O3. The minimum Gasteiger partial charge on any atom is -0.481 e. The van der Waals surface area contributed by atoms with E-state index < -0.39 is 11.4 Å². The number of anilines is 1. The quantitative estimate of drug-likeness (QED) is 0.830. The Morgan fingerprint density at radius 2 is 1.91 bits per heavy atom. The lowest BCUT2D eigenvalue weighted by Crippen LogP contribution is -2.35. The van der Waals surface area contributed by atoms with Crippen molar-refractivity contribution in [2.45, 2.75) is 51.9 Å². The Kier molecular flexibility index (Phi) is 5.38. The Morgan fingerprint density at radius 3 is 2.48 bits per heavy atom. The molecule has 0 radical (unpaired) electrons. The topological polar surface area (TPSA) is 90.2 Å². The molecule has 1 amide bonds. The Bertz CT molecular complexity index is 638. The summed E-state index contributed by atoms with van der Waals surface area (Å²) in [6, 6.07) is 7.12. The van der Waals surface area contributed by atoms with Gasteiger partial charge >= 0.3 is 5.97 Å². The van der Waals surface area contributed by atoms with Crippen molar-refractivity contribution in [1.82, 2.24) is 0 Å². The standard InChI is InChI=1S/C18H22N2O3/c1-13-6-7-14(12-19)10-15(13)20-16(21)11-18(17(22)23)8-4-2-3-5-9-18/h6-7,10H,2-5,8-9,11H2,1H3,(H,20,21)(H,22,23). The number of aliphatic carboxylic acids is 1. The van der Waals surface area contributed by atoms with Crippen LogP contribution < -0.4 is 5.32 Å². The molecule has 2 N–H and O–H groups in total. The molecule has 0 aromatic heterocycles. The predicted octanol–water partition coefficient (Wildman–Crippen LogP) is 3.62. The van der Waals surface area contributed by atoms with Crippen LogP contribution in [0, 0.1) is 23.7 Å². The average molecular weight is 314 g/mol. The highest BCUT2D eigenvalue weighted by Crippen LogP contribution is 2.38.